The van der Waals surface area contributed by atoms with Crippen LogP contribution in [0.5, 0.6) is 5.75 Å². The maximum atomic E-state index is 11.8. The first-order valence-electron chi connectivity index (χ1n) is 6.05. The van der Waals surface area contributed by atoms with Crippen molar-refractivity contribution < 1.29 is 9.53 Å². The first-order chi connectivity index (χ1) is 9.61. The van der Waals surface area contributed by atoms with Crippen molar-refractivity contribution in [2.75, 3.05) is 5.32 Å². The number of para-hydroxylation sites is 1. The molecule has 0 atom stereocenters. The fourth-order valence-corrected chi connectivity index (χ4v) is 2.47. The molecule has 0 saturated heterocycles. The van der Waals surface area contributed by atoms with E-state index in [0.717, 1.165) is 11.5 Å². The summed E-state index contributed by atoms with van der Waals surface area (Å²) in [5.74, 6) is 0.568. The van der Waals surface area contributed by atoms with Gasteiger partial charge in [0.25, 0.3) is 0 Å². The second-order valence-electron chi connectivity index (χ2n) is 4.37. The molecular weight excluding hydrogens is 274 g/mol. The summed E-state index contributed by atoms with van der Waals surface area (Å²) in [7, 11) is 0. The molecule has 0 saturated carbocycles. The number of ether oxygens (including phenoxy) is 1. The topological polar surface area (TPSA) is 75.0 Å². The van der Waals surface area contributed by atoms with Gasteiger partial charge in [0, 0.05) is 0 Å². The van der Waals surface area contributed by atoms with Crippen LogP contribution in [0.15, 0.2) is 30.3 Å². The minimum absolute atomic E-state index is 0.126. The van der Waals surface area contributed by atoms with E-state index in [9.17, 15) is 4.79 Å². The van der Waals surface area contributed by atoms with Crippen LogP contribution in [-0.2, 0) is 0 Å². The number of aromatic nitrogens is 1. The Labute approximate surface area is 121 Å². The Morgan fingerprint density at radius 3 is 2.70 bits per heavy atom. The van der Waals surface area contributed by atoms with Gasteiger partial charge in [-0.25, -0.2) is 4.79 Å². The first kappa shape index (κ1) is 14.0. The summed E-state index contributed by atoms with van der Waals surface area (Å²) < 4.78 is 9.30. The number of rotatable bonds is 3. The zero-order valence-corrected chi connectivity index (χ0v) is 11.9. The molecule has 1 aromatic heterocycles. The molecule has 0 aliphatic carbocycles. The molecule has 0 aliphatic heterocycles. The third-order valence-corrected chi connectivity index (χ3v) is 3.32. The van der Waals surface area contributed by atoms with Crippen LogP contribution in [0.25, 0.3) is 0 Å². The molecule has 0 spiro atoms. The average molecular weight is 287 g/mol. The molecular formula is C14H13N3O2S. The highest BCUT2D eigenvalue weighted by molar-refractivity contribution is 7.10. The number of carbonyl (C=O) groups is 1. The third kappa shape index (κ3) is 3.13. The second-order valence-corrected chi connectivity index (χ2v) is 5.14. The minimum atomic E-state index is -0.633. The quantitative estimate of drug-likeness (QED) is 0.932. The van der Waals surface area contributed by atoms with Crippen LogP contribution in [-0.4, -0.2) is 10.5 Å². The van der Waals surface area contributed by atoms with Crippen molar-refractivity contribution in [1.29, 1.82) is 5.26 Å². The largest absolute Gasteiger partial charge is 0.417 e. The van der Waals surface area contributed by atoms with Gasteiger partial charge >= 0.3 is 6.09 Å². The van der Waals surface area contributed by atoms with Crippen LogP contribution < -0.4 is 10.1 Å². The molecule has 0 aliphatic rings. The van der Waals surface area contributed by atoms with Crippen molar-refractivity contribution >= 4 is 22.6 Å². The molecule has 1 amide bonds. The van der Waals surface area contributed by atoms with E-state index < -0.39 is 6.09 Å². The van der Waals surface area contributed by atoms with Crippen LogP contribution in [0.4, 0.5) is 9.80 Å². The number of nitriles is 1. The number of carbonyl (C=O) groups excluding carboxylic acids is 1. The Kier molecular flexibility index (Phi) is 4.33. The van der Waals surface area contributed by atoms with Gasteiger partial charge < -0.3 is 4.74 Å². The number of amides is 1. The lowest BCUT2D eigenvalue weighted by Gasteiger charge is -2.05. The van der Waals surface area contributed by atoms with Gasteiger partial charge in [0.15, 0.2) is 0 Å². The van der Waals surface area contributed by atoms with E-state index in [4.69, 9.17) is 10.00 Å². The van der Waals surface area contributed by atoms with Gasteiger partial charge in [-0.15, -0.1) is 0 Å². The SMILES string of the molecule is CC(C)c1nsc(NC(=O)Oc2ccccc2)c1C#N. The fraction of sp³-hybridized carbons (Fsp3) is 0.214. The van der Waals surface area contributed by atoms with Crippen molar-refractivity contribution in [2.24, 2.45) is 0 Å². The van der Waals surface area contributed by atoms with Gasteiger partial charge in [0.05, 0.1) is 5.69 Å². The molecule has 1 heterocycles. The zero-order chi connectivity index (χ0) is 14.5. The third-order valence-electron chi connectivity index (χ3n) is 2.55. The Morgan fingerprint density at radius 1 is 1.40 bits per heavy atom. The molecule has 6 heteroatoms. The lowest BCUT2D eigenvalue weighted by molar-refractivity contribution is 0.215. The smallest absolute Gasteiger partial charge is 0.410 e. The second kappa shape index (κ2) is 6.17. The molecule has 0 radical (unpaired) electrons. The van der Waals surface area contributed by atoms with Crippen LogP contribution >= 0.6 is 11.5 Å². The lowest BCUT2D eigenvalue weighted by atomic mass is 10.1. The van der Waals surface area contributed by atoms with Gasteiger partial charge in [0.2, 0.25) is 0 Å². The average Bonchev–Trinajstić information content (AvgIpc) is 2.82. The molecule has 0 bridgehead atoms. The van der Waals surface area contributed by atoms with E-state index in [-0.39, 0.29) is 5.92 Å². The highest BCUT2D eigenvalue weighted by Crippen LogP contribution is 2.29. The number of benzene rings is 1. The highest BCUT2D eigenvalue weighted by atomic mass is 32.1. The molecule has 1 N–H and O–H groups in total. The van der Waals surface area contributed by atoms with E-state index in [1.54, 1.807) is 24.3 Å². The summed E-state index contributed by atoms with van der Waals surface area (Å²) >= 11 is 1.08. The minimum Gasteiger partial charge on any atom is -0.410 e. The molecule has 20 heavy (non-hydrogen) atoms. The zero-order valence-electron chi connectivity index (χ0n) is 11.1. The number of nitrogens with zero attached hydrogens (tertiary/aromatic N) is 2. The molecule has 2 rings (SSSR count). The standard InChI is InChI=1S/C14H13N3O2S/c1-9(2)12-11(8-15)13(20-17-12)16-14(18)19-10-6-4-3-5-7-10/h3-7,9H,1-2H3,(H,16,18). The summed E-state index contributed by atoms with van der Waals surface area (Å²) in [6, 6.07) is 10.8. The normalized spacial score (nSPS) is 10.1. The Morgan fingerprint density at radius 2 is 2.10 bits per heavy atom. The monoisotopic (exact) mass is 287 g/mol. The van der Waals surface area contributed by atoms with Crippen LogP contribution in [0.2, 0.25) is 0 Å². The lowest BCUT2D eigenvalue weighted by Crippen LogP contribution is -2.16. The first-order valence-corrected chi connectivity index (χ1v) is 6.82. The van der Waals surface area contributed by atoms with Crippen molar-refractivity contribution in [3.63, 3.8) is 0 Å². The molecule has 0 fully saturated rings. The molecule has 2 aromatic rings. The van der Waals surface area contributed by atoms with Crippen molar-refractivity contribution in [1.82, 2.24) is 4.37 Å². The summed E-state index contributed by atoms with van der Waals surface area (Å²) in [6.45, 7) is 3.89. The Balaban J connectivity index is 2.11. The van der Waals surface area contributed by atoms with E-state index >= 15 is 0 Å². The van der Waals surface area contributed by atoms with E-state index in [2.05, 4.69) is 15.8 Å². The van der Waals surface area contributed by atoms with Crippen LogP contribution in [0.1, 0.15) is 31.0 Å². The predicted octanol–water partition coefficient (Wildman–Crippen LogP) is 3.75. The molecule has 5 nitrogen and oxygen atoms in total. The van der Waals surface area contributed by atoms with Gasteiger partial charge in [-0.3, -0.25) is 5.32 Å². The van der Waals surface area contributed by atoms with Gasteiger partial charge in [-0.05, 0) is 29.6 Å². The van der Waals surface area contributed by atoms with Gasteiger partial charge in [0.1, 0.15) is 22.4 Å². The van der Waals surface area contributed by atoms with Gasteiger partial charge in [-0.1, -0.05) is 32.0 Å². The summed E-state index contributed by atoms with van der Waals surface area (Å²) in [4.78, 5) is 11.8. The summed E-state index contributed by atoms with van der Waals surface area (Å²) in [6.07, 6.45) is -0.633. The van der Waals surface area contributed by atoms with E-state index in [1.807, 2.05) is 19.9 Å². The summed E-state index contributed by atoms with van der Waals surface area (Å²) in [5.41, 5.74) is 1.09. The van der Waals surface area contributed by atoms with Crippen molar-refractivity contribution in [3.8, 4) is 11.8 Å². The maximum absolute atomic E-state index is 11.8. The van der Waals surface area contributed by atoms with E-state index in [1.165, 1.54) is 0 Å². The summed E-state index contributed by atoms with van der Waals surface area (Å²) in [5, 5.41) is 12.1. The van der Waals surface area contributed by atoms with Gasteiger partial charge in [-0.2, -0.15) is 9.64 Å². The van der Waals surface area contributed by atoms with Crippen molar-refractivity contribution in [2.45, 2.75) is 19.8 Å². The number of hydrogen-bond acceptors (Lipinski definition) is 5. The van der Waals surface area contributed by atoms with Crippen LogP contribution in [0.3, 0.4) is 0 Å². The molecule has 0 unspecified atom stereocenters. The number of hydrogen-bond donors (Lipinski definition) is 1. The maximum Gasteiger partial charge on any atom is 0.417 e. The predicted molar refractivity (Wildman–Crippen MR) is 77.0 cm³/mol. The Hall–Kier alpha value is -2.39. The van der Waals surface area contributed by atoms with E-state index in [0.29, 0.717) is 22.0 Å². The van der Waals surface area contributed by atoms with Crippen molar-refractivity contribution in [3.05, 3.63) is 41.6 Å². The Bertz CT molecular complexity index is 644. The fourth-order valence-electron chi connectivity index (χ4n) is 1.60. The number of anilines is 1. The molecule has 1 aromatic carbocycles. The molecule has 102 valence electrons. The highest BCUT2D eigenvalue weighted by Gasteiger charge is 2.18. The number of nitrogens with one attached hydrogen (secondary N) is 1. The van der Waals surface area contributed by atoms with Crippen LogP contribution in [0, 0.1) is 11.3 Å².